The number of amides is 1. The molecule has 0 aliphatic carbocycles. The van der Waals surface area contributed by atoms with Gasteiger partial charge in [-0.3, -0.25) is 4.79 Å². The Morgan fingerprint density at radius 1 is 1.42 bits per heavy atom. The second-order valence-electron chi connectivity index (χ2n) is 3.62. The molecule has 0 aliphatic rings. The third-order valence-electron chi connectivity index (χ3n) is 1.98. The summed E-state index contributed by atoms with van der Waals surface area (Å²) in [6, 6.07) is 0.343. The molecule has 0 fully saturated rings. The Morgan fingerprint density at radius 2 is 1.92 bits per heavy atom. The first kappa shape index (κ1) is 11.9. The average Bonchev–Trinajstić information content (AvgIpc) is 2.00. The van der Waals surface area contributed by atoms with Gasteiger partial charge in [0.25, 0.3) is 0 Å². The molecule has 1 amide bonds. The van der Waals surface area contributed by atoms with Crippen molar-refractivity contribution in [2.24, 2.45) is 5.92 Å². The molecule has 72 valence electrons. The molecule has 0 aromatic heterocycles. The topological polar surface area (TPSA) is 20.3 Å². The summed E-state index contributed by atoms with van der Waals surface area (Å²) in [7, 11) is 1.86. The first-order valence-electron chi connectivity index (χ1n) is 4.30. The monoisotopic (exact) mass is 235 g/mol. The predicted molar refractivity (Wildman–Crippen MR) is 55.5 cm³/mol. The van der Waals surface area contributed by atoms with Crippen molar-refractivity contribution in [2.45, 2.75) is 33.2 Å². The van der Waals surface area contributed by atoms with E-state index < -0.39 is 0 Å². The highest BCUT2D eigenvalue weighted by atomic mass is 79.9. The summed E-state index contributed by atoms with van der Waals surface area (Å²) in [6.07, 6.45) is 1.06. The quantitative estimate of drug-likeness (QED) is 0.686. The summed E-state index contributed by atoms with van der Waals surface area (Å²) in [6.45, 7) is 6.42. The largest absolute Gasteiger partial charge is 0.342 e. The van der Waals surface area contributed by atoms with Gasteiger partial charge in [-0.2, -0.15) is 0 Å². The van der Waals surface area contributed by atoms with E-state index in [0.29, 0.717) is 17.3 Å². The van der Waals surface area contributed by atoms with Gasteiger partial charge < -0.3 is 4.90 Å². The Labute approximate surface area is 83.4 Å². The molecule has 0 aliphatic heterocycles. The summed E-state index contributed by atoms with van der Waals surface area (Å²) in [4.78, 5) is 13.0. The number of hydrogen-bond acceptors (Lipinski definition) is 1. The Kier molecular flexibility index (Phi) is 5.55. The summed E-state index contributed by atoms with van der Waals surface area (Å²) in [5.74, 6) is 0.800. The van der Waals surface area contributed by atoms with Gasteiger partial charge in [-0.05, 0) is 19.3 Å². The van der Waals surface area contributed by atoms with Crippen LogP contribution in [0.5, 0.6) is 0 Å². The van der Waals surface area contributed by atoms with Gasteiger partial charge in [0.1, 0.15) is 0 Å². The van der Waals surface area contributed by atoms with Crippen LogP contribution in [0.15, 0.2) is 0 Å². The maximum absolute atomic E-state index is 11.2. The van der Waals surface area contributed by atoms with Crippen molar-refractivity contribution in [3.63, 3.8) is 0 Å². The van der Waals surface area contributed by atoms with Crippen LogP contribution in [0.2, 0.25) is 0 Å². The van der Waals surface area contributed by atoms with E-state index >= 15 is 0 Å². The lowest BCUT2D eigenvalue weighted by molar-refractivity contribution is -0.128. The molecule has 2 nitrogen and oxygen atoms in total. The molecule has 12 heavy (non-hydrogen) atoms. The first-order chi connectivity index (χ1) is 5.49. The second-order valence-corrected chi connectivity index (χ2v) is 4.18. The highest BCUT2D eigenvalue weighted by Gasteiger charge is 2.14. The van der Waals surface area contributed by atoms with Crippen LogP contribution in [-0.4, -0.2) is 29.2 Å². The van der Waals surface area contributed by atoms with Crippen molar-refractivity contribution in [3.05, 3.63) is 0 Å². The minimum atomic E-state index is 0.156. The third-order valence-corrected chi connectivity index (χ3v) is 2.46. The van der Waals surface area contributed by atoms with E-state index in [1.54, 1.807) is 4.90 Å². The zero-order valence-corrected chi connectivity index (χ0v) is 9.89. The molecule has 0 N–H and O–H groups in total. The summed E-state index contributed by atoms with van der Waals surface area (Å²) in [5, 5.41) is 0.423. The van der Waals surface area contributed by atoms with Crippen LogP contribution in [-0.2, 0) is 4.79 Å². The number of rotatable bonds is 4. The van der Waals surface area contributed by atoms with Crippen molar-refractivity contribution in [1.82, 2.24) is 4.90 Å². The normalized spacial score (nSPS) is 13.2. The number of alkyl halides is 1. The molecule has 0 bridgehead atoms. The van der Waals surface area contributed by atoms with E-state index in [1.807, 2.05) is 7.05 Å². The number of hydrogen-bond donors (Lipinski definition) is 0. The van der Waals surface area contributed by atoms with E-state index in [1.165, 1.54) is 0 Å². The minimum Gasteiger partial charge on any atom is -0.342 e. The Balaban J connectivity index is 3.91. The van der Waals surface area contributed by atoms with Gasteiger partial charge in [0.05, 0.1) is 5.33 Å². The van der Waals surface area contributed by atoms with Gasteiger partial charge in [-0.25, -0.2) is 0 Å². The van der Waals surface area contributed by atoms with Crippen LogP contribution in [0.25, 0.3) is 0 Å². The molecule has 0 aromatic rings. The molecule has 0 saturated carbocycles. The first-order valence-corrected chi connectivity index (χ1v) is 5.42. The smallest absolute Gasteiger partial charge is 0.233 e. The zero-order valence-electron chi connectivity index (χ0n) is 8.30. The highest BCUT2D eigenvalue weighted by Crippen LogP contribution is 2.09. The maximum Gasteiger partial charge on any atom is 0.233 e. The fourth-order valence-electron chi connectivity index (χ4n) is 1.18. The Hall–Kier alpha value is -0.0500. The standard InChI is InChI=1S/C9H18BrNO/c1-7(2)5-8(3)11(4)9(12)6-10/h7-8H,5-6H2,1-4H3. The third kappa shape index (κ3) is 4.10. The molecule has 0 heterocycles. The van der Waals surface area contributed by atoms with Crippen molar-refractivity contribution in [2.75, 3.05) is 12.4 Å². The fraction of sp³-hybridized carbons (Fsp3) is 0.889. The lowest BCUT2D eigenvalue weighted by atomic mass is 10.0. The SMILES string of the molecule is CC(C)CC(C)N(C)C(=O)CBr. The molecule has 0 spiro atoms. The number of carbonyl (C=O) groups is 1. The van der Waals surface area contributed by atoms with E-state index in [4.69, 9.17) is 0 Å². The van der Waals surface area contributed by atoms with Crippen LogP contribution < -0.4 is 0 Å². The predicted octanol–water partition coefficient (Wildman–Crippen LogP) is 2.27. The lowest BCUT2D eigenvalue weighted by Gasteiger charge is -2.25. The minimum absolute atomic E-state index is 0.156. The highest BCUT2D eigenvalue weighted by molar-refractivity contribution is 9.09. The van der Waals surface area contributed by atoms with Crippen molar-refractivity contribution >= 4 is 21.8 Å². The van der Waals surface area contributed by atoms with Crippen LogP contribution in [0.4, 0.5) is 0 Å². The Bertz CT molecular complexity index is 147. The van der Waals surface area contributed by atoms with Crippen LogP contribution in [0.1, 0.15) is 27.2 Å². The van der Waals surface area contributed by atoms with Crippen LogP contribution >= 0.6 is 15.9 Å². The number of carbonyl (C=O) groups excluding carboxylic acids is 1. The fourth-order valence-corrected chi connectivity index (χ4v) is 1.58. The molecule has 0 radical (unpaired) electrons. The summed E-state index contributed by atoms with van der Waals surface area (Å²) >= 11 is 3.16. The summed E-state index contributed by atoms with van der Waals surface area (Å²) < 4.78 is 0. The molecule has 3 heteroatoms. The van der Waals surface area contributed by atoms with E-state index in [2.05, 4.69) is 36.7 Å². The van der Waals surface area contributed by atoms with Gasteiger partial charge in [0.2, 0.25) is 5.91 Å². The van der Waals surface area contributed by atoms with Crippen molar-refractivity contribution in [1.29, 1.82) is 0 Å². The average molecular weight is 236 g/mol. The van der Waals surface area contributed by atoms with Gasteiger partial charge in [-0.15, -0.1) is 0 Å². The molecular formula is C9H18BrNO. The van der Waals surface area contributed by atoms with E-state index in [0.717, 1.165) is 6.42 Å². The Morgan fingerprint density at radius 3 is 2.25 bits per heavy atom. The van der Waals surface area contributed by atoms with Crippen molar-refractivity contribution in [3.8, 4) is 0 Å². The number of halogens is 1. The zero-order chi connectivity index (χ0) is 9.72. The molecule has 0 aromatic carbocycles. The van der Waals surface area contributed by atoms with Gasteiger partial charge >= 0.3 is 0 Å². The van der Waals surface area contributed by atoms with Crippen LogP contribution in [0.3, 0.4) is 0 Å². The molecule has 0 saturated heterocycles. The van der Waals surface area contributed by atoms with E-state index in [-0.39, 0.29) is 5.91 Å². The lowest BCUT2D eigenvalue weighted by Crippen LogP contribution is -2.36. The van der Waals surface area contributed by atoms with E-state index in [9.17, 15) is 4.79 Å². The maximum atomic E-state index is 11.2. The molecule has 0 rings (SSSR count). The number of nitrogens with zero attached hydrogens (tertiary/aromatic N) is 1. The van der Waals surface area contributed by atoms with Gasteiger partial charge in [0, 0.05) is 13.1 Å². The van der Waals surface area contributed by atoms with Crippen molar-refractivity contribution < 1.29 is 4.79 Å². The second kappa shape index (κ2) is 5.57. The van der Waals surface area contributed by atoms with Gasteiger partial charge in [-0.1, -0.05) is 29.8 Å². The molecular weight excluding hydrogens is 218 g/mol. The molecule has 1 unspecified atom stereocenters. The summed E-state index contributed by atoms with van der Waals surface area (Å²) in [5.41, 5.74) is 0. The van der Waals surface area contributed by atoms with Gasteiger partial charge in [0.15, 0.2) is 0 Å². The molecule has 1 atom stereocenters. The van der Waals surface area contributed by atoms with Crippen LogP contribution in [0, 0.1) is 5.92 Å².